The van der Waals surface area contributed by atoms with Crippen LogP contribution in [0, 0.1) is 0 Å². The molecule has 0 unspecified atom stereocenters. The van der Waals surface area contributed by atoms with Crippen molar-refractivity contribution in [2.45, 2.75) is 43.6 Å². The average Bonchev–Trinajstić information content (AvgIpc) is 2.73. The molecule has 0 fully saturated rings. The number of fused-ring (bicyclic) bond motifs is 1. The molecule has 1 aliphatic carbocycles. The van der Waals surface area contributed by atoms with Crippen LogP contribution in [0.3, 0.4) is 0 Å². The summed E-state index contributed by atoms with van der Waals surface area (Å²) < 4.78 is 1.08. The van der Waals surface area contributed by atoms with Crippen LogP contribution in [0.5, 0.6) is 0 Å². The Morgan fingerprint density at radius 2 is 1.84 bits per heavy atom. The Balaban J connectivity index is 2.00. The van der Waals surface area contributed by atoms with Crippen molar-refractivity contribution in [1.82, 2.24) is 4.90 Å². The van der Waals surface area contributed by atoms with E-state index in [1.54, 1.807) is 0 Å². The predicted molar refractivity (Wildman–Crippen MR) is 108 cm³/mol. The van der Waals surface area contributed by atoms with E-state index in [1.807, 2.05) is 0 Å². The van der Waals surface area contributed by atoms with Crippen molar-refractivity contribution in [2.24, 2.45) is 0 Å². The third-order valence-electron chi connectivity index (χ3n) is 5.43. The maximum absolute atomic E-state index is 12.0. The van der Waals surface area contributed by atoms with Gasteiger partial charge in [-0.2, -0.15) is 0 Å². The summed E-state index contributed by atoms with van der Waals surface area (Å²) in [4.78, 5) is 2.20. The van der Waals surface area contributed by atoms with Gasteiger partial charge in [0.2, 0.25) is 0 Å². The van der Waals surface area contributed by atoms with Crippen LogP contribution < -0.4 is 0 Å². The Morgan fingerprint density at radius 3 is 2.56 bits per heavy atom. The van der Waals surface area contributed by atoms with Crippen molar-refractivity contribution in [2.75, 3.05) is 20.6 Å². The second-order valence-corrected chi connectivity index (χ2v) is 8.40. The molecule has 2 nitrogen and oxygen atoms in total. The molecule has 0 heterocycles. The van der Waals surface area contributed by atoms with Crippen LogP contribution >= 0.6 is 15.9 Å². The van der Waals surface area contributed by atoms with Gasteiger partial charge in [-0.25, -0.2) is 0 Å². The molecule has 3 rings (SSSR count). The Kier molecular flexibility index (Phi) is 5.98. The third kappa shape index (κ3) is 4.16. The topological polar surface area (TPSA) is 23.5 Å². The largest absolute Gasteiger partial charge is 0.385 e. The number of aryl methyl sites for hydroxylation is 1. The van der Waals surface area contributed by atoms with Gasteiger partial charge in [0.25, 0.3) is 0 Å². The van der Waals surface area contributed by atoms with Crippen molar-refractivity contribution < 1.29 is 5.11 Å². The van der Waals surface area contributed by atoms with Gasteiger partial charge in [0.1, 0.15) is 0 Å². The van der Waals surface area contributed by atoms with Gasteiger partial charge in [0, 0.05) is 10.4 Å². The summed E-state index contributed by atoms with van der Waals surface area (Å²) in [7, 11) is 4.19. The fraction of sp³-hybridized carbons (Fsp3) is 0.455. The fourth-order valence-corrected chi connectivity index (χ4v) is 4.46. The first-order valence-corrected chi connectivity index (χ1v) is 10.0. The molecule has 0 bridgehead atoms. The first-order chi connectivity index (χ1) is 12.0. The Labute approximate surface area is 160 Å². The van der Waals surface area contributed by atoms with Crippen molar-refractivity contribution in [3.05, 3.63) is 69.7 Å². The molecule has 0 radical (unpaired) electrons. The molecule has 0 aromatic heterocycles. The first kappa shape index (κ1) is 18.6. The number of nitrogens with zero attached hydrogens (tertiary/aromatic N) is 1. The highest BCUT2D eigenvalue weighted by atomic mass is 79.9. The van der Waals surface area contributed by atoms with Crippen LogP contribution in [0.4, 0.5) is 0 Å². The van der Waals surface area contributed by atoms with E-state index in [9.17, 15) is 5.11 Å². The Bertz CT molecular complexity index is 697. The molecule has 2 atom stereocenters. The van der Waals surface area contributed by atoms with Gasteiger partial charge in [-0.3, -0.25) is 0 Å². The Morgan fingerprint density at radius 1 is 1.12 bits per heavy atom. The van der Waals surface area contributed by atoms with Gasteiger partial charge in [-0.05, 0) is 81.6 Å². The highest BCUT2D eigenvalue weighted by Gasteiger charge is 2.41. The molecular formula is C22H28BrNO. The zero-order valence-electron chi connectivity index (χ0n) is 15.2. The SMILES string of the molecule is CN(C)CCC[C@]1(O)c2ccccc2CCC[C@@H]1c1ccc(Br)cc1. The first-order valence-electron chi connectivity index (χ1n) is 9.21. The van der Waals surface area contributed by atoms with E-state index >= 15 is 0 Å². The molecule has 1 N–H and O–H groups in total. The second kappa shape index (κ2) is 8.03. The monoisotopic (exact) mass is 401 g/mol. The molecule has 2 aromatic rings. The van der Waals surface area contributed by atoms with E-state index in [4.69, 9.17) is 0 Å². The van der Waals surface area contributed by atoms with E-state index in [2.05, 4.69) is 83.5 Å². The maximum Gasteiger partial charge on any atom is 0.0967 e. The Hall–Kier alpha value is -1.16. The normalized spacial score (nSPS) is 23.3. The average molecular weight is 402 g/mol. The van der Waals surface area contributed by atoms with E-state index < -0.39 is 5.60 Å². The van der Waals surface area contributed by atoms with Gasteiger partial charge in [0.05, 0.1) is 5.60 Å². The minimum Gasteiger partial charge on any atom is -0.385 e. The number of hydrogen-bond acceptors (Lipinski definition) is 2. The number of hydrogen-bond donors (Lipinski definition) is 1. The molecule has 0 saturated heterocycles. The van der Waals surface area contributed by atoms with Crippen LogP contribution in [0.2, 0.25) is 0 Å². The number of aliphatic hydroxyl groups is 1. The van der Waals surface area contributed by atoms with E-state index in [0.29, 0.717) is 0 Å². The van der Waals surface area contributed by atoms with E-state index in [0.717, 1.165) is 48.7 Å². The fourth-order valence-electron chi connectivity index (χ4n) is 4.19. The zero-order chi connectivity index (χ0) is 17.9. The van der Waals surface area contributed by atoms with Crippen molar-refractivity contribution >= 4 is 15.9 Å². The van der Waals surface area contributed by atoms with E-state index in [-0.39, 0.29) is 5.92 Å². The molecule has 2 aromatic carbocycles. The third-order valence-corrected chi connectivity index (χ3v) is 5.96. The highest BCUT2D eigenvalue weighted by Crippen LogP contribution is 2.47. The maximum atomic E-state index is 12.0. The van der Waals surface area contributed by atoms with Gasteiger partial charge in [0.15, 0.2) is 0 Å². The lowest BCUT2D eigenvalue weighted by atomic mass is 9.73. The number of benzene rings is 2. The molecule has 134 valence electrons. The predicted octanol–water partition coefficient (Wildman–Crippen LogP) is 5.10. The molecular weight excluding hydrogens is 374 g/mol. The van der Waals surface area contributed by atoms with Gasteiger partial charge in [-0.15, -0.1) is 0 Å². The smallest absolute Gasteiger partial charge is 0.0967 e. The molecule has 25 heavy (non-hydrogen) atoms. The van der Waals surface area contributed by atoms with Gasteiger partial charge >= 0.3 is 0 Å². The second-order valence-electron chi connectivity index (χ2n) is 7.48. The molecule has 0 spiro atoms. The lowest BCUT2D eigenvalue weighted by Crippen LogP contribution is -2.34. The summed E-state index contributed by atoms with van der Waals surface area (Å²) >= 11 is 3.53. The van der Waals surface area contributed by atoms with Crippen LogP contribution in [0.15, 0.2) is 53.0 Å². The number of rotatable bonds is 5. The lowest BCUT2D eigenvalue weighted by molar-refractivity contribution is -0.00605. The zero-order valence-corrected chi connectivity index (χ0v) is 16.8. The molecule has 1 aliphatic rings. The standard InChI is InChI=1S/C22H28BrNO/c1-24(2)16-6-15-22(25)20-9-4-3-7-17(20)8-5-10-21(22)18-11-13-19(23)14-12-18/h3-4,7,9,11-14,21,25H,5-6,8,10,15-16H2,1-2H3/t21-,22+/m1/s1. The molecule has 3 heteroatoms. The van der Waals surface area contributed by atoms with Crippen molar-refractivity contribution in [1.29, 1.82) is 0 Å². The molecule has 0 aliphatic heterocycles. The van der Waals surface area contributed by atoms with Crippen LogP contribution in [-0.4, -0.2) is 30.6 Å². The summed E-state index contributed by atoms with van der Waals surface area (Å²) in [5.74, 6) is 0.145. The molecule has 0 saturated carbocycles. The lowest BCUT2D eigenvalue weighted by Gasteiger charge is -2.37. The van der Waals surface area contributed by atoms with Crippen molar-refractivity contribution in [3.63, 3.8) is 0 Å². The minimum absolute atomic E-state index is 0.145. The molecule has 0 amide bonds. The van der Waals surface area contributed by atoms with Gasteiger partial charge < -0.3 is 10.0 Å². The van der Waals surface area contributed by atoms with Gasteiger partial charge in [-0.1, -0.05) is 52.3 Å². The number of halogens is 1. The van der Waals surface area contributed by atoms with Crippen molar-refractivity contribution in [3.8, 4) is 0 Å². The van der Waals surface area contributed by atoms with Crippen LogP contribution in [0.25, 0.3) is 0 Å². The summed E-state index contributed by atoms with van der Waals surface area (Å²) in [5, 5.41) is 12.0. The highest BCUT2D eigenvalue weighted by molar-refractivity contribution is 9.10. The summed E-state index contributed by atoms with van der Waals surface area (Å²) in [6, 6.07) is 17.0. The van der Waals surface area contributed by atoms with Crippen LogP contribution in [-0.2, 0) is 12.0 Å². The van der Waals surface area contributed by atoms with Crippen LogP contribution in [0.1, 0.15) is 48.3 Å². The van der Waals surface area contributed by atoms with E-state index in [1.165, 1.54) is 11.1 Å². The minimum atomic E-state index is -0.795. The quantitative estimate of drug-likeness (QED) is 0.704. The summed E-state index contributed by atoms with van der Waals surface area (Å²) in [6.45, 7) is 0.998. The summed E-state index contributed by atoms with van der Waals surface area (Å²) in [5.41, 5.74) is 2.90. The summed E-state index contributed by atoms with van der Waals surface area (Å²) in [6.07, 6.45) is 4.98.